The number of rotatable bonds is 5. The molecule has 1 saturated carbocycles. The second kappa shape index (κ2) is 6.04. The van der Waals surface area contributed by atoms with Crippen LogP contribution in [0.2, 0.25) is 0 Å². The maximum Gasteiger partial charge on any atom is 0.106 e. The standard InChI is InChI=1S/C13H23N3/c1-11-4-2-5-12(10-11)14-7-3-6-13-15-8-9-16-13/h8-9,11-12,14H,2-7,10H2,1H3,(H,15,16). The molecule has 2 atom stereocenters. The number of nitrogens with zero attached hydrogens (tertiary/aromatic N) is 1. The van der Waals surface area contributed by atoms with Gasteiger partial charge in [-0.3, -0.25) is 0 Å². The third kappa shape index (κ3) is 3.63. The minimum Gasteiger partial charge on any atom is -0.349 e. The van der Waals surface area contributed by atoms with Gasteiger partial charge in [0.2, 0.25) is 0 Å². The molecule has 0 radical (unpaired) electrons. The van der Waals surface area contributed by atoms with E-state index in [9.17, 15) is 0 Å². The lowest BCUT2D eigenvalue weighted by molar-refractivity contribution is 0.301. The Bertz CT molecular complexity index is 281. The summed E-state index contributed by atoms with van der Waals surface area (Å²) in [5.74, 6) is 2.02. The summed E-state index contributed by atoms with van der Waals surface area (Å²) in [6.45, 7) is 3.49. The van der Waals surface area contributed by atoms with Gasteiger partial charge in [-0.15, -0.1) is 0 Å². The highest BCUT2D eigenvalue weighted by atomic mass is 14.9. The van der Waals surface area contributed by atoms with Crippen LogP contribution in [-0.2, 0) is 6.42 Å². The van der Waals surface area contributed by atoms with Crippen molar-refractivity contribution >= 4 is 0 Å². The van der Waals surface area contributed by atoms with Crippen LogP contribution in [0, 0.1) is 5.92 Å². The molecule has 1 aromatic rings. The number of aromatic amines is 1. The lowest BCUT2D eigenvalue weighted by Crippen LogP contribution is -2.34. The monoisotopic (exact) mass is 221 g/mol. The first kappa shape index (κ1) is 11.6. The molecular weight excluding hydrogens is 198 g/mol. The van der Waals surface area contributed by atoms with Crippen LogP contribution in [0.1, 0.15) is 44.9 Å². The van der Waals surface area contributed by atoms with E-state index in [1.54, 1.807) is 0 Å². The van der Waals surface area contributed by atoms with Gasteiger partial charge in [0.15, 0.2) is 0 Å². The van der Waals surface area contributed by atoms with Crippen LogP contribution in [0.25, 0.3) is 0 Å². The molecule has 2 N–H and O–H groups in total. The minimum absolute atomic E-state index is 0.764. The van der Waals surface area contributed by atoms with E-state index in [1.165, 1.54) is 32.1 Å². The number of aryl methyl sites for hydroxylation is 1. The van der Waals surface area contributed by atoms with Gasteiger partial charge in [-0.1, -0.05) is 19.8 Å². The molecule has 90 valence electrons. The molecule has 1 aliphatic carbocycles. The molecule has 0 aliphatic heterocycles. The van der Waals surface area contributed by atoms with E-state index in [0.717, 1.165) is 30.7 Å². The van der Waals surface area contributed by atoms with Crippen molar-refractivity contribution in [3.8, 4) is 0 Å². The summed E-state index contributed by atoms with van der Waals surface area (Å²) in [6, 6.07) is 0.764. The largest absolute Gasteiger partial charge is 0.349 e. The first-order valence-electron chi connectivity index (χ1n) is 6.56. The van der Waals surface area contributed by atoms with Crippen molar-refractivity contribution in [3.63, 3.8) is 0 Å². The van der Waals surface area contributed by atoms with Gasteiger partial charge in [-0.25, -0.2) is 4.98 Å². The SMILES string of the molecule is CC1CCCC(NCCCc2ncc[nH]2)C1. The van der Waals surface area contributed by atoms with Gasteiger partial charge >= 0.3 is 0 Å². The van der Waals surface area contributed by atoms with E-state index in [0.29, 0.717) is 0 Å². The number of hydrogen-bond donors (Lipinski definition) is 2. The van der Waals surface area contributed by atoms with Crippen molar-refractivity contribution in [3.05, 3.63) is 18.2 Å². The Morgan fingerprint density at radius 2 is 2.44 bits per heavy atom. The number of nitrogens with one attached hydrogen (secondary N) is 2. The van der Waals surface area contributed by atoms with Crippen molar-refractivity contribution < 1.29 is 0 Å². The van der Waals surface area contributed by atoms with Gasteiger partial charge in [0.25, 0.3) is 0 Å². The highest BCUT2D eigenvalue weighted by Crippen LogP contribution is 2.23. The average molecular weight is 221 g/mol. The first-order chi connectivity index (χ1) is 7.84. The highest BCUT2D eigenvalue weighted by molar-refractivity contribution is 4.87. The predicted molar refractivity (Wildman–Crippen MR) is 66.3 cm³/mol. The molecule has 3 heteroatoms. The average Bonchev–Trinajstić information content (AvgIpc) is 2.77. The van der Waals surface area contributed by atoms with Crippen molar-refractivity contribution in [1.29, 1.82) is 0 Å². The fourth-order valence-electron chi connectivity index (χ4n) is 2.62. The second-order valence-electron chi connectivity index (χ2n) is 5.06. The molecule has 0 amide bonds. The summed E-state index contributed by atoms with van der Waals surface area (Å²) >= 11 is 0. The number of aromatic nitrogens is 2. The Kier molecular flexibility index (Phi) is 4.40. The normalized spacial score (nSPS) is 25.8. The fourth-order valence-corrected chi connectivity index (χ4v) is 2.62. The van der Waals surface area contributed by atoms with Gasteiger partial charge in [-0.05, 0) is 31.7 Å². The third-order valence-corrected chi connectivity index (χ3v) is 3.51. The molecule has 1 heterocycles. The zero-order valence-electron chi connectivity index (χ0n) is 10.2. The Balaban J connectivity index is 1.57. The predicted octanol–water partition coefficient (Wildman–Crippen LogP) is 2.51. The van der Waals surface area contributed by atoms with E-state index < -0.39 is 0 Å². The number of hydrogen-bond acceptors (Lipinski definition) is 2. The summed E-state index contributed by atoms with van der Waals surface area (Å²) in [6.07, 6.45) is 11.5. The van der Waals surface area contributed by atoms with Crippen molar-refractivity contribution in [1.82, 2.24) is 15.3 Å². The van der Waals surface area contributed by atoms with E-state index in [4.69, 9.17) is 0 Å². The van der Waals surface area contributed by atoms with Crippen LogP contribution in [0.4, 0.5) is 0 Å². The van der Waals surface area contributed by atoms with Crippen LogP contribution in [0.5, 0.6) is 0 Å². The smallest absolute Gasteiger partial charge is 0.106 e. The molecule has 0 saturated heterocycles. The van der Waals surface area contributed by atoms with Crippen molar-refractivity contribution in [2.75, 3.05) is 6.54 Å². The van der Waals surface area contributed by atoms with Gasteiger partial charge in [0, 0.05) is 24.9 Å². The van der Waals surface area contributed by atoms with Gasteiger partial charge in [-0.2, -0.15) is 0 Å². The van der Waals surface area contributed by atoms with Crippen molar-refractivity contribution in [2.24, 2.45) is 5.92 Å². The van der Waals surface area contributed by atoms with Crippen LogP contribution < -0.4 is 5.32 Å². The van der Waals surface area contributed by atoms with Gasteiger partial charge in [0.05, 0.1) is 0 Å². The number of H-pyrrole nitrogens is 1. The molecule has 2 rings (SSSR count). The summed E-state index contributed by atoms with van der Waals surface area (Å²) in [5.41, 5.74) is 0. The van der Waals surface area contributed by atoms with E-state index >= 15 is 0 Å². The van der Waals surface area contributed by atoms with Crippen LogP contribution in [0.15, 0.2) is 12.4 Å². The summed E-state index contributed by atoms with van der Waals surface area (Å²) < 4.78 is 0. The Morgan fingerprint density at radius 1 is 1.50 bits per heavy atom. The Hall–Kier alpha value is -0.830. The minimum atomic E-state index is 0.764. The molecule has 0 bridgehead atoms. The van der Waals surface area contributed by atoms with Crippen LogP contribution >= 0.6 is 0 Å². The zero-order valence-corrected chi connectivity index (χ0v) is 10.2. The lowest BCUT2D eigenvalue weighted by atomic mass is 9.87. The van der Waals surface area contributed by atoms with E-state index in [2.05, 4.69) is 22.2 Å². The van der Waals surface area contributed by atoms with Crippen LogP contribution in [0.3, 0.4) is 0 Å². The second-order valence-corrected chi connectivity index (χ2v) is 5.06. The fraction of sp³-hybridized carbons (Fsp3) is 0.769. The van der Waals surface area contributed by atoms with E-state index in [1.807, 2.05) is 12.4 Å². The maximum absolute atomic E-state index is 4.23. The lowest BCUT2D eigenvalue weighted by Gasteiger charge is -2.27. The Labute approximate surface area is 98.1 Å². The van der Waals surface area contributed by atoms with Crippen LogP contribution in [-0.4, -0.2) is 22.6 Å². The third-order valence-electron chi connectivity index (χ3n) is 3.51. The molecule has 0 aromatic carbocycles. The van der Waals surface area contributed by atoms with Gasteiger partial charge < -0.3 is 10.3 Å². The van der Waals surface area contributed by atoms with Crippen molar-refractivity contribution in [2.45, 2.75) is 51.5 Å². The molecule has 2 unspecified atom stereocenters. The zero-order chi connectivity index (χ0) is 11.2. The topological polar surface area (TPSA) is 40.7 Å². The first-order valence-corrected chi connectivity index (χ1v) is 6.56. The molecule has 1 fully saturated rings. The molecule has 3 nitrogen and oxygen atoms in total. The number of imidazole rings is 1. The molecule has 1 aromatic heterocycles. The molecule has 16 heavy (non-hydrogen) atoms. The summed E-state index contributed by atoms with van der Waals surface area (Å²) in [5, 5.41) is 3.67. The molecular formula is C13H23N3. The summed E-state index contributed by atoms with van der Waals surface area (Å²) in [4.78, 5) is 7.37. The summed E-state index contributed by atoms with van der Waals surface area (Å²) in [7, 11) is 0. The van der Waals surface area contributed by atoms with E-state index in [-0.39, 0.29) is 0 Å². The quantitative estimate of drug-likeness (QED) is 0.750. The molecule has 1 aliphatic rings. The van der Waals surface area contributed by atoms with Gasteiger partial charge in [0.1, 0.15) is 5.82 Å². The maximum atomic E-state index is 4.23. The Morgan fingerprint density at radius 3 is 3.19 bits per heavy atom. The highest BCUT2D eigenvalue weighted by Gasteiger charge is 2.17. The molecule has 0 spiro atoms.